The van der Waals surface area contributed by atoms with Crippen LogP contribution in [0, 0.1) is 12.8 Å². The maximum Gasteiger partial charge on any atom is 0.319 e. The topological polar surface area (TPSA) is 44.4 Å². The second-order valence-electron chi connectivity index (χ2n) is 5.94. The van der Waals surface area contributed by atoms with E-state index in [1.54, 1.807) is 0 Å². The van der Waals surface area contributed by atoms with Gasteiger partial charge in [0.1, 0.15) is 0 Å². The number of likely N-dealkylation sites (tertiary alicyclic amines) is 1. The monoisotopic (exact) mass is 275 g/mol. The first-order valence-corrected chi connectivity index (χ1v) is 7.40. The summed E-state index contributed by atoms with van der Waals surface area (Å²) in [7, 11) is 0. The average Bonchev–Trinajstić information content (AvgIpc) is 2.88. The minimum Gasteiger partial charge on any atom is -0.338 e. The number of benzene rings is 1. The van der Waals surface area contributed by atoms with Crippen LogP contribution < -0.4 is 10.6 Å². The van der Waals surface area contributed by atoms with E-state index in [0.717, 1.165) is 25.3 Å². The molecule has 2 rings (SSSR count). The van der Waals surface area contributed by atoms with Crippen LogP contribution in [0.2, 0.25) is 0 Å². The van der Waals surface area contributed by atoms with Gasteiger partial charge in [0.05, 0.1) is 0 Å². The van der Waals surface area contributed by atoms with Gasteiger partial charge >= 0.3 is 6.03 Å². The second-order valence-corrected chi connectivity index (χ2v) is 5.94. The van der Waals surface area contributed by atoms with Gasteiger partial charge in [-0.3, -0.25) is 0 Å². The van der Waals surface area contributed by atoms with Gasteiger partial charge in [-0.2, -0.15) is 0 Å². The van der Waals surface area contributed by atoms with Gasteiger partial charge in [0, 0.05) is 24.8 Å². The van der Waals surface area contributed by atoms with Crippen LogP contribution in [0.3, 0.4) is 0 Å². The Labute approximate surface area is 121 Å². The Morgan fingerprint density at radius 3 is 2.65 bits per heavy atom. The van der Waals surface area contributed by atoms with Crippen molar-refractivity contribution in [2.75, 3.05) is 25.0 Å². The normalized spacial score (nSPS) is 19.3. The number of hydrogen-bond acceptors (Lipinski definition) is 2. The lowest BCUT2D eigenvalue weighted by molar-refractivity contribution is 0.247. The van der Waals surface area contributed by atoms with Crippen molar-refractivity contribution in [3.05, 3.63) is 29.8 Å². The zero-order valence-electron chi connectivity index (χ0n) is 12.6. The van der Waals surface area contributed by atoms with Gasteiger partial charge in [0.25, 0.3) is 0 Å². The minimum absolute atomic E-state index is 0.114. The maximum atomic E-state index is 11.8. The number of carbonyl (C=O) groups is 1. The van der Waals surface area contributed by atoms with E-state index in [1.807, 2.05) is 31.2 Å². The zero-order valence-corrected chi connectivity index (χ0v) is 12.6. The third kappa shape index (κ3) is 4.23. The number of amides is 2. The maximum absolute atomic E-state index is 11.8. The van der Waals surface area contributed by atoms with Crippen molar-refractivity contribution in [2.45, 2.75) is 33.2 Å². The molecule has 0 saturated carbocycles. The van der Waals surface area contributed by atoms with Crippen LogP contribution in [0.4, 0.5) is 10.5 Å². The highest BCUT2D eigenvalue weighted by Gasteiger charge is 2.24. The van der Waals surface area contributed by atoms with Crippen molar-refractivity contribution in [3.8, 4) is 0 Å². The van der Waals surface area contributed by atoms with E-state index in [-0.39, 0.29) is 6.03 Å². The van der Waals surface area contributed by atoms with Crippen molar-refractivity contribution < 1.29 is 4.79 Å². The quantitative estimate of drug-likeness (QED) is 0.887. The number of hydrogen-bond donors (Lipinski definition) is 2. The van der Waals surface area contributed by atoms with Crippen molar-refractivity contribution in [2.24, 2.45) is 5.92 Å². The van der Waals surface area contributed by atoms with Crippen molar-refractivity contribution in [1.82, 2.24) is 10.2 Å². The second kappa shape index (κ2) is 6.75. The Morgan fingerprint density at radius 1 is 1.35 bits per heavy atom. The van der Waals surface area contributed by atoms with Gasteiger partial charge in [-0.25, -0.2) is 4.79 Å². The third-order valence-corrected chi connectivity index (χ3v) is 3.91. The molecule has 4 heteroatoms. The van der Waals surface area contributed by atoms with Crippen LogP contribution in [-0.4, -0.2) is 36.6 Å². The standard InChI is InChI=1S/C16H25N3O/c1-12(2)19-9-8-14(11-19)10-17-16(20)18-15-6-4-13(3)5-7-15/h4-7,12,14H,8-11H2,1-3H3,(H2,17,18,20)/t14-/m0/s1. The minimum atomic E-state index is -0.114. The predicted molar refractivity (Wildman–Crippen MR) is 83.0 cm³/mol. The van der Waals surface area contributed by atoms with Gasteiger partial charge < -0.3 is 15.5 Å². The summed E-state index contributed by atoms with van der Waals surface area (Å²) in [5.41, 5.74) is 2.03. The molecule has 1 aliphatic heterocycles. The van der Waals surface area contributed by atoms with E-state index >= 15 is 0 Å². The molecule has 110 valence electrons. The van der Waals surface area contributed by atoms with E-state index in [9.17, 15) is 4.79 Å². The largest absolute Gasteiger partial charge is 0.338 e. The van der Waals surface area contributed by atoms with Crippen LogP contribution in [-0.2, 0) is 0 Å². The molecule has 0 aliphatic carbocycles. The average molecular weight is 275 g/mol. The van der Waals surface area contributed by atoms with Crippen molar-refractivity contribution in [1.29, 1.82) is 0 Å². The molecule has 0 radical (unpaired) electrons. The van der Waals surface area contributed by atoms with Crippen LogP contribution in [0.25, 0.3) is 0 Å². The highest BCUT2D eigenvalue weighted by atomic mass is 16.2. The third-order valence-electron chi connectivity index (χ3n) is 3.91. The molecular formula is C16H25N3O. The molecule has 0 bridgehead atoms. The summed E-state index contributed by atoms with van der Waals surface area (Å²) in [6.45, 7) is 9.46. The van der Waals surface area contributed by atoms with E-state index < -0.39 is 0 Å². The number of nitrogens with zero attached hydrogens (tertiary/aromatic N) is 1. The molecule has 1 aliphatic rings. The number of carbonyl (C=O) groups excluding carboxylic acids is 1. The fraction of sp³-hybridized carbons (Fsp3) is 0.562. The van der Waals surface area contributed by atoms with Gasteiger partial charge in [-0.1, -0.05) is 17.7 Å². The van der Waals surface area contributed by atoms with Crippen LogP contribution >= 0.6 is 0 Å². The van der Waals surface area contributed by atoms with Crippen LogP contribution in [0.15, 0.2) is 24.3 Å². The Balaban J connectivity index is 1.72. The molecule has 0 aromatic heterocycles. The van der Waals surface area contributed by atoms with Crippen LogP contribution in [0.1, 0.15) is 25.8 Å². The van der Waals surface area contributed by atoms with E-state index in [2.05, 4.69) is 29.4 Å². The van der Waals surface area contributed by atoms with Gasteiger partial charge in [-0.05, 0) is 51.8 Å². The fourth-order valence-corrected chi connectivity index (χ4v) is 2.55. The van der Waals surface area contributed by atoms with E-state index in [0.29, 0.717) is 12.0 Å². The highest BCUT2D eigenvalue weighted by Crippen LogP contribution is 2.17. The first-order chi connectivity index (χ1) is 9.54. The van der Waals surface area contributed by atoms with Gasteiger partial charge in [-0.15, -0.1) is 0 Å². The fourth-order valence-electron chi connectivity index (χ4n) is 2.55. The molecule has 1 aromatic carbocycles. The molecule has 2 N–H and O–H groups in total. The summed E-state index contributed by atoms with van der Waals surface area (Å²) in [6, 6.07) is 8.31. The molecule has 1 aromatic rings. The summed E-state index contributed by atoms with van der Waals surface area (Å²) < 4.78 is 0. The summed E-state index contributed by atoms with van der Waals surface area (Å²) >= 11 is 0. The molecule has 0 spiro atoms. The molecule has 2 amide bonds. The predicted octanol–water partition coefficient (Wildman–Crippen LogP) is 2.85. The number of aryl methyl sites for hydroxylation is 1. The van der Waals surface area contributed by atoms with E-state index in [1.165, 1.54) is 12.0 Å². The lowest BCUT2D eigenvalue weighted by Gasteiger charge is -2.20. The molecule has 1 saturated heterocycles. The number of rotatable bonds is 4. The molecule has 1 atom stereocenters. The summed E-state index contributed by atoms with van der Waals surface area (Å²) in [5, 5.41) is 5.83. The zero-order chi connectivity index (χ0) is 14.5. The Kier molecular flexibility index (Phi) is 5.01. The lowest BCUT2D eigenvalue weighted by Crippen LogP contribution is -2.35. The lowest BCUT2D eigenvalue weighted by atomic mass is 10.1. The molecule has 4 nitrogen and oxygen atoms in total. The highest BCUT2D eigenvalue weighted by molar-refractivity contribution is 5.89. The molecule has 1 fully saturated rings. The first kappa shape index (κ1) is 14.9. The van der Waals surface area contributed by atoms with Gasteiger partial charge in [0.2, 0.25) is 0 Å². The summed E-state index contributed by atoms with van der Waals surface area (Å²) in [6.07, 6.45) is 1.17. The smallest absolute Gasteiger partial charge is 0.319 e. The Bertz CT molecular complexity index is 442. The Morgan fingerprint density at radius 2 is 2.05 bits per heavy atom. The van der Waals surface area contributed by atoms with Crippen LogP contribution in [0.5, 0.6) is 0 Å². The first-order valence-electron chi connectivity index (χ1n) is 7.40. The van der Waals surface area contributed by atoms with Crippen molar-refractivity contribution >= 4 is 11.7 Å². The SMILES string of the molecule is Cc1ccc(NC(=O)NC[C@@H]2CCN(C(C)C)C2)cc1. The molecule has 20 heavy (non-hydrogen) atoms. The number of anilines is 1. The summed E-state index contributed by atoms with van der Waals surface area (Å²) in [4.78, 5) is 14.3. The Hall–Kier alpha value is -1.55. The number of urea groups is 1. The molecule has 1 heterocycles. The van der Waals surface area contributed by atoms with Gasteiger partial charge in [0.15, 0.2) is 0 Å². The molecular weight excluding hydrogens is 250 g/mol. The molecule has 0 unspecified atom stereocenters. The van der Waals surface area contributed by atoms with E-state index in [4.69, 9.17) is 0 Å². The summed E-state index contributed by atoms with van der Waals surface area (Å²) in [5.74, 6) is 0.571. The number of nitrogens with one attached hydrogen (secondary N) is 2. The van der Waals surface area contributed by atoms with Crippen molar-refractivity contribution in [3.63, 3.8) is 0 Å².